The molecule has 2 aromatic rings. The van der Waals surface area contributed by atoms with Crippen molar-refractivity contribution in [2.24, 2.45) is 0 Å². The van der Waals surface area contributed by atoms with Gasteiger partial charge in [0, 0.05) is 16.2 Å². The first-order valence-electron chi connectivity index (χ1n) is 6.19. The minimum atomic E-state index is -4.09. The lowest BCUT2D eigenvalue weighted by atomic mass is 10.1. The summed E-state index contributed by atoms with van der Waals surface area (Å²) in [5.74, 6) is -0.370. The summed E-state index contributed by atoms with van der Waals surface area (Å²) in [5, 5.41) is 7.04. The topological polar surface area (TPSA) is 64.8 Å². The Morgan fingerprint density at radius 1 is 1.24 bits per heavy atom. The molecule has 1 aromatic carbocycles. The third-order valence-electron chi connectivity index (χ3n) is 2.89. The van der Waals surface area contributed by atoms with Crippen molar-refractivity contribution in [3.05, 3.63) is 29.6 Å². The van der Waals surface area contributed by atoms with Gasteiger partial charge in [0.15, 0.2) is 5.82 Å². The molecule has 0 radical (unpaired) electrons. The lowest BCUT2D eigenvalue weighted by molar-refractivity contribution is 0.366. The molecule has 0 atom stereocenters. The van der Waals surface area contributed by atoms with Gasteiger partial charge in [-0.3, -0.25) is 4.57 Å². The highest BCUT2D eigenvalue weighted by Gasteiger charge is 2.31. The third-order valence-corrected chi connectivity index (χ3v) is 4.00. The normalized spacial score (nSPS) is 12.7. The SMILES string of the molecule is Cc1ccc(-c2nnc(S(=O)(=O)Cl)n2C(C)(C)C)c(F)c1. The summed E-state index contributed by atoms with van der Waals surface area (Å²) >= 11 is 0. The maximum absolute atomic E-state index is 14.1. The van der Waals surface area contributed by atoms with E-state index < -0.39 is 25.6 Å². The average molecular weight is 332 g/mol. The van der Waals surface area contributed by atoms with E-state index in [1.807, 2.05) is 0 Å². The highest BCUT2D eigenvalue weighted by molar-refractivity contribution is 8.13. The standard InChI is InChI=1S/C13H15ClFN3O2S/c1-8-5-6-9(10(15)7-8)11-16-17-12(21(14,19)20)18(11)13(2,3)4/h5-7H,1-4H3. The van der Waals surface area contributed by atoms with E-state index in [0.717, 1.165) is 5.56 Å². The number of hydrogen-bond donors (Lipinski definition) is 0. The molecule has 0 saturated carbocycles. The quantitative estimate of drug-likeness (QED) is 0.793. The van der Waals surface area contributed by atoms with Gasteiger partial charge in [0.05, 0.1) is 5.56 Å². The molecule has 0 aliphatic heterocycles. The number of halogens is 2. The number of hydrogen-bond acceptors (Lipinski definition) is 4. The van der Waals surface area contributed by atoms with E-state index >= 15 is 0 Å². The van der Waals surface area contributed by atoms with Crippen LogP contribution in [0, 0.1) is 12.7 Å². The first-order valence-corrected chi connectivity index (χ1v) is 8.50. The van der Waals surface area contributed by atoms with Crippen LogP contribution >= 0.6 is 10.7 Å². The van der Waals surface area contributed by atoms with Gasteiger partial charge in [0.2, 0.25) is 0 Å². The summed E-state index contributed by atoms with van der Waals surface area (Å²) in [5.41, 5.74) is 0.242. The van der Waals surface area contributed by atoms with Crippen molar-refractivity contribution in [3.63, 3.8) is 0 Å². The fourth-order valence-electron chi connectivity index (χ4n) is 2.01. The predicted octanol–water partition coefficient (Wildman–Crippen LogP) is 3.08. The van der Waals surface area contributed by atoms with Crippen LogP contribution in [0.3, 0.4) is 0 Å². The first kappa shape index (κ1) is 15.9. The van der Waals surface area contributed by atoms with E-state index in [9.17, 15) is 12.8 Å². The molecule has 8 heteroatoms. The molecule has 0 saturated heterocycles. The van der Waals surface area contributed by atoms with Crippen molar-refractivity contribution >= 4 is 19.7 Å². The van der Waals surface area contributed by atoms with Crippen LogP contribution < -0.4 is 0 Å². The Kier molecular flexibility index (Phi) is 3.84. The van der Waals surface area contributed by atoms with E-state index in [0.29, 0.717) is 0 Å². The van der Waals surface area contributed by atoms with Crippen molar-refractivity contribution in [3.8, 4) is 11.4 Å². The van der Waals surface area contributed by atoms with E-state index in [4.69, 9.17) is 10.7 Å². The molecule has 0 amide bonds. The van der Waals surface area contributed by atoms with Gasteiger partial charge in [0.1, 0.15) is 5.82 Å². The Hall–Kier alpha value is -1.47. The lowest BCUT2D eigenvalue weighted by Gasteiger charge is -2.24. The fraction of sp³-hybridized carbons (Fsp3) is 0.385. The number of benzene rings is 1. The largest absolute Gasteiger partial charge is 0.296 e. The van der Waals surface area contributed by atoms with Crippen LogP contribution in [0.1, 0.15) is 26.3 Å². The molecule has 1 heterocycles. The van der Waals surface area contributed by atoms with Crippen LogP contribution in [0.15, 0.2) is 23.4 Å². The first-order chi connectivity index (χ1) is 9.51. The number of aromatic nitrogens is 3. The molecule has 0 N–H and O–H groups in total. The molecular weight excluding hydrogens is 317 g/mol. The van der Waals surface area contributed by atoms with E-state index in [1.54, 1.807) is 39.8 Å². The summed E-state index contributed by atoms with van der Waals surface area (Å²) in [4.78, 5) is 0. The number of rotatable bonds is 2. The molecule has 0 bridgehead atoms. The summed E-state index contributed by atoms with van der Waals surface area (Å²) in [7, 11) is 1.31. The summed E-state index contributed by atoms with van der Waals surface area (Å²) < 4.78 is 38.7. The average Bonchev–Trinajstić information content (AvgIpc) is 2.72. The Morgan fingerprint density at radius 2 is 1.86 bits per heavy atom. The van der Waals surface area contributed by atoms with Crippen LogP contribution in [-0.2, 0) is 14.6 Å². The number of nitrogens with zero attached hydrogens (tertiary/aromatic N) is 3. The van der Waals surface area contributed by atoms with Gasteiger partial charge in [-0.2, -0.15) is 0 Å². The second-order valence-electron chi connectivity index (χ2n) is 5.73. The Bertz CT molecular complexity index is 794. The smallest absolute Gasteiger partial charge is 0.291 e. The van der Waals surface area contributed by atoms with Crippen molar-refractivity contribution in [1.29, 1.82) is 0 Å². The van der Waals surface area contributed by atoms with Crippen LogP contribution in [0.2, 0.25) is 0 Å². The fourth-order valence-corrected chi connectivity index (χ4v) is 3.02. The van der Waals surface area contributed by atoms with E-state index in [-0.39, 0.29) is 11.4 Å². The summed E-state index contributed by atoms with van der Waals surface area (Å²) in [6, 6.07) is 4.61. The Labute approximate surface area is 127 Å². The molecule has 21 heavy (non-hydrogen) atoms. The van der Waals surface area contributed by atoms with Crippen molar-refractivity contribution in [2.75, 3.05) is 0 Å². The van der Waals surface area contributed by atoms with Crippen molar-refractivity contribution in [1.82, 2.24) is 14.8 Å². The van der Waals surface area contributed by atoms with Gasteiger partial charge in [0.25, 0.3) is 14.2 Å². The van der Waals surface area contributed by atoms with Gasteiger partial charge in [-0.1, -0.05) is 6.07 Å². The lowest BCUT2D eigenvalue weighted by Crippen LogP contribution is -2.26. The monoisotopic (exact) mass is 331 g/mol. The molecule has 5 nitrogen and oxygen atoms in total. The van der Waals surface area contributed by atoms with Crippen LogP contribution in [0.5, 0.6) is 0 Å². The summed E-state index contributed by atoms with van der Waals surface area (Å²) in [6.07, 6.45) is 0. The maximum atomic E-state index is 14.1. The molecule has 0 unspecified atom stereocenters. The van der Waals surface area contributed by atoms with Gasteiger partial charge < -0.3 is 0 Å². The van der Waals surface area contributed by atoms with Crippen molar-refractivity contribution < 1.29 is 12.8 Å². The zero-order valence-electron chi connectivity index (χ0n) is 12.1. The van der Waals surface area contributed by atoms with Gasteiger partial charge in [-0.05, 0) is 45.4 Å². The maximum Gasteiger partial charge on any atom is 0.296 e. The van der Waals surface area contributed by atoms with E-state index in [1.165, 1.54) is 10.6 Å². The van der Waals surface area contributed by atoms with Gasteiger partial charge in [-0.15, -0.1) is 10.2 Å². The van der Waals surface area contributed by atoms with Crippen LogP contribution in [-0.4, -0.2) is 23.2 Å². The van der Waals surface area contributed by atoms with Crippen molar-refractivity contribution in [2.45, 2.75) is 38.4 Å². The van der Waals surface area contributed by atoms with Crippen LogP contribution in [0.25, 0.3) is 11.4 Å². The van der Waals surface area contributed by atoms with E-state index in [2.05, 4.69) is 10.2 Å². The summed E-state index contributed by atoms with van der Waals surface area (Å²) in [6.45, 7) is 7.04. The Morgan fingerprint density at radius 3 is 2.33 bits per heavy atom. The molecule has 0 fully saturated rings. The van der Waals surface area contributed by atoms with Gasteiger partial charge >= 0.3 is 0 Å². The molecule has 1 aromatic heterocycles. The highest BCUT2D eigenvalue weighted by Crippen LogP contribution is 2.30. The molecule has 0 aliphatic carbocycles. The number of aryl methyl sites for hydroxylation is 1. The van der Waals surface area contributed by atoms with Gasteiger partial charge in [-0.25, -0.2) is 12.8 Å². The predicted molar refractivity (Wildman–Crippen MR) is 78.2 cm³/mol. The molecule has 0 aliphatic rings. The minimum Gasteiger partial charge on any atom is -0.291 e. The minimum absolute atomic E-state index is 0.124. The molecule has 2 rings (SSSR count). The highest BCUT2D eigenvalue weighted by atomic mass is 35.7. The second-order valence-corrected chi connectivity index (χ2v) is 8.19. The molecular formula is C13H15ClFN3O2S. The Balaban J connectivity index is 2.80. The molecule has 0 spiro atoms. The second kappa shape index (κ2) is 5.06. The third kappa shape index (κ3) is 3.08. The van der Waals surface area contributed by atoms with Crippen LogP contribution in [0.4, 0.5) is 4.39 Å². The zero-order chi connectivity index (χ0) is 16.0. The molecule has 114 valence electrons. The zero-order valence-corrected chi connectivity index (χ0v) is 13.6.